The van der Waals surface area contributed by atoms with Gasteiger partial charge in [-0.15, -0.1) is 0 Å². The first kappa shape index (κ1) is 13.7. The Hall–Kier alpha value is -1.91. The Kier molecular flexibility index (Phi) is 3.17. The van der Waals surface area contributed by atoms with Gasteiger partial charge in [0.1, 0.15) is 0 Å². The lowest BCUT2D eigenvalue weighted by molar-refractivity contribution is -0.118. The van der Waals surface area contributed by atoms with E-state index in [1.165, 1.54) is 11.3 Å². The maximum absolute atomic E-state index is 12.7. The fraction of sp³-hybridized carbons (Fsp3) is 0.176. The van der Waals surface area contributed by atoms with Crippen LogP contribution in [0.5, 0.6) is 0 Å². The summed E-state index contributed by atoms with van der Waals surface area (Å²) in [6, 6.07) is 15.4. The predicted molar refractivity (Wildman–Crippen MR) is 90.6 cm³/mol. The third-order valence-corrected chi connectivity index (χ3v) is 5.26. The average Bonchev–Trinajstić information content (AvgIpc) is 3.23. The number of fused-ring (bicyclic) bond motifs is 1. The molecule has 0 radical (unpaired) electrons. The number of thiazole rings is 1. The van der Waals surface area contributed by atoms with Gasteiger partial charge in [-0.05, 0) is 42.7 Å². The van der Waals surface area contributed by atoms with Crippen molar-refractivity contribution in [3.63, 3.8) is 0 Å². The van der Waals surface area contributed by atoms with E-state index in [0.717, 1.165) is 28.6 Å². The standard InChI is InChI=1S/C17H13ClN2OS/c18-12-5-3-4-11(10-12)17(8-9-17)15(21)20-16-19-13-6-1-2-7-14(13)22-16/h1-7,10H,8-9H2,(H,19,20,21). The van der Waals surface area contributed by atoms with Crippen LogP contribution in [0, 0.1) is 0 Å². The minimum atomic E-state index is -0.442. The van der Waals surface area contributed by atoms with Crippen molar-refractivity contribution in [1.82, 2.24) is 4.98 Å². The van der Waals surface area contributed by atoms with E-state index in [1.54, 1.807) is 0 Å². The molecule has 3 nitrogen and oxygen atoms in total. The van der Waals surface area contributed by atoms with Crippen molar-refractivity contribution in [2.24, 2.45) is 0 Å². The minimum absolute atomic E-state index is 0.00817. The first-order valence-corrected chi connectivity index (χ1v) is 8.30. The van der Waals surface area contributed by atoms with Gasteiger partial charge in [-0.2, -0.15) is 0 Å². The van der Waals surface area contributed by atoms with Crippen molar-refractivity contribution in [3.8, 4) is 0 Å². The monoisotopic (exact) mass is 328 g/mol. The van der Waals surface area contributed by atoms with Crippen molar-refractivity contribution in [2.45, 2.75) is 18.3 Å². The van der Waals surface area contributed by atoms with Crippen LogP contribution in [-0.2, 0) is 10.2 Å². The molecule has 1 saturated carbocycles. The Bertz CT molecular complexity index is 837. The molecule has 1 heterocycles. The van der Waals surface area contributed by atoms with E-state index in [1.807, 2.05) is 48.5 Å². The number of rotatable bonds is 3. The predicted octanol–water partition coefficient (Wildman–Crippen LogP) is 4.62. The number of nitrogens with one attached hydrogen (secondary N) is 1. The number of para-hydroxylation sites is 1. The maximum atomic E-state index is 12.7. The van der Waals surface area contributed by atoms with Crippen LogP contribution in [0.25, 0.3) is 10.2 Å². The molecule has 1 aromatic heterocycles. The van der Waals surface area contributed by atoms with Crippen LogP contribution in [0.15, 0.2) is 48.5 Å². The number of amides is 1. The summed E-state index contributed by atoms with van der Waals surface area (Å²) in [4.78, 5) is 17.2. The molecule has 1 amide bonds. The number of nitrogens with zero attached hydrogens (tertiary/aromatic N) is 1. The van der Waals surface area contributed by atoms with E-state index >= 15 is 0 Å². The smallest absolute Gasteiger partial charge is 0.236 e. The van der Waals surface area contributed by atoms with Gasteiger partial charge in [-0.1, -0.05) is 47.2 Å². The molecule has 1 aliphatic carbocycles. The minimum Gasteiger partial charge on any atom is -0.301 e. The van der Waals surface area contributed by atoms with Crippen LogP contribution in [0.4, 0.5) is 5.13 Å². The van der Waals surface area contributed by atoms with Crippen molar-refractivity contribution in [2.75, 3.05) is 5.32 Å². The molecule has 0 bridgehead atoms. The van der Waals surface area contributed by atoms with Gasteiger partial charge in [0.25, 0.3) is 0 Å². The molecule has 1 N–H and O–H groups in total. The van der Waals surface area contributed by atoms with E-state index < -0.39 is 5.41 Å². The zero-order chi connectivity index (χ0) is 15.2. The molecule has 3 aromatic rings. The molecule has 0 spiro atoms. The number of carbonyl (C=O) groups excluding carboxylic acids is 1. The highest BCUT2D eigenvalue weighted by atomic mass is 35.5. The normalized spacial score (nSPS) is 15.7. The lowest BCUT2D eigenvalue weighted by Crippen LogP contribution is -2.27. The van der Waals surface area contributed by atoms with Gasteiger partial charge < -0.3 is 5.32 Å². The van der Waals surface area contributed by atoms with Gasteiger partial charge in [0.15, 0.2) is 5.13 Å². The highest BCUT2D eigenvalue weighted by molar-refractivity contribution is 7.22. The Morgan fingerprint density at radius 1 is 1.18 bits per heavy atom. The van der Waals surface area contributed by atoms with Gasteiger partial charge in [-0.25, -0.2) is 4.98 Å². The Labute approximate surface area is 136 Å². The summed E-state index contributed by atoms with van der Waals surface area (Å²) in [5.74, 6) is 0.00817. The molecule has 2 aromatic carbocycles. The maximum Gasteiger partial charge on any atom is 0.236 e. The van der Waals surface area contributed by atoms with Gasteiger partial charge in [0, 0.05) is 5.02 Å². The lowest BCUT2D eigenvalue weighted by Gasteiger charge is -2.14. The summed E-state index contributed by atoms with van der Waals surface area (Å²) >= 11 is 7.55. The van der Waals surface area contributed by atoms with Crippen LogP contribution in [0.1, 0.15) is 18.4 Å². The van der Waals surface area contributed by atoms with Crippen LogP contribution in [0.3, 0.4) is 0 Å². The summed E-state index contributed by atoms with van der Waals surface area (Å²) in [5.41, 5.74) is 1.46. The number of halogens is 1. The van der Waals surface area contributed by atoms with E-state index in [0.29, 0.717) is 10.2 Å². The second kappa shape index (κ2) is 5.07. The topological polar surface area (TPSA) is 42.0 Å². The molecule has 0 atom stereocenters. The molecule has 1 fully saturated rings. The molecule has 110 valence electrons. The fourth-order valence-corrected chi connectivity index (χ4v) is 3.75. The molecule has 4 rings (SSSR count). The molecule has 0 unspecified atom stereocenters. The van der Waals surface area contributed by atoms with Gasteiger partial charge in [-0.3, -0.25) is 4.79 Å². The van der Waals surface area contributed by atoms with Gasteiger partial charge in [0.05, 0.1) is 15.6 Å². The Morgan fingerprint density at radius 2 is 2.00 bits per heavy atom. The summed E-state index contributed by atoms with van der Waals surface area (Å²) in [6.45, 7) is 0. The first-order valence-electron chi connectivity index (χ1n) is 7.10. The largest absolute Gasteiger partial charge is 0.301 e. The molecule has 22 heavy (non-hydrogen) atoms. The van der Waals surface area contributed by atoms with E-state index in [2.05, 4.69) is 10.3 Å². The van der Waals surface area contributed by atoms with Gasteiger partial charge in [0.2, 0.25) is 5.91 Å². The van der Waals surface area contributed by atoms with Crippen molar-refractivity contribution in [1.29, 1.82) is 0 Å². The zero-order valence-electron chi connectivity index (χ0n) is 11.7. The third kappa shape index (κ3) is 2.28. The summed E-state index contributed by atoms with van der Waals surface area (Å²) in [6.07, 6.45) is 1.70. The fourth-order valence-electron chi connectivity index (χ4n) is 2.70. The molecule has 5 heteroatoms. The third-order valence-electron chi connectivity index (χ3n) is 4.08. The van der Waals surface area contributed by atoms with E-state index in [-0.39, 0.29) is 5.91 Å². The van der Waals surface area contributed by atoms with E-state index in [4.69, 9.17) is 11.6 Å². The number of hydrogen-bond acceptors (Lipinski definition) is 3. The average molecular weight is 329 g/mol. The molecule has 0 aliphatic heterocycles. The van der Waals surface area contributed by atoms with E-state index in [9.17, 15) is 4.79 Å². The van der Waals surface area contributed by atoms with Gasteiger partial charge >= 0.3 is 0 Å². The Morgan fingerprint density at radius 3 is 2.73 bits per heavy atom. The number of benzene rings is 2. The molecular formula is C17H13ClN2OS. The van der Waals surface area contributed by atoms with Crippen LogP contribution >= 0.6 is 22.9 Å². The second-order valence-corrected chi connectivity index (χ2v) is 7.00. The summed E-state index contributed by atoms with van der Waals surface area (Å²) in [7, 11) is 0. The highest BCUT2D eigenvalue weighted by Gasteiger charge is 2.51. The zero-order valence-corrected chi connectivity index (χ0v) is 13.2. The molecule has 1 aliphatic rings. The van der Waals surface area contributed by atoms with Crippen LogP contribution < -0.4 is 5.32 Å². The summed E-state index contributed by atoms with van der Waals surface area (Å²) < 4.78 is 1.07. The lowest BCUT2D eigenvalue weighted by atomic mass is 9.95. The SMILES string of the molecule is O=C(Nc1nc2ccccc2s1)C1(c2cccc(Cl)c2)CC1. The van der Waals surface area contributed by atoms with Crippen LogP contribution in [-0.4, -0.2) is 10.9 Å². The Balaban J connectivity index is 1.61. The molecular weight excluding hydrogens is 316 g/mol. The first-order chi connectivity index (χ1) is 10.7. The quantitative estimate of drug-likeness (QED) is 0.762. The van der Waals surface area contributed by atoms with Crippen LogP contribution in [0.2, 0.25) is 5.02 Å². The highest BCUT2D eigenvalue weighted by Crippen LogP contribution is 2.49. The number of hydrogen-bond donors (Lipinski definition) is 1. The summed E-state index contributed by atoms with van der Waals surface area (Å²) in [5, 5.41) is 4.29. The van der Waals surface area contributed by atoms with Crippen molar-refractivity contribution >= 4 is 44.2 Å². The number of carbonyl (C=O) groups is 1. The second-order valence-electron chi connectivity index (χ2n) is 5.53. The van der Waals surface area contributed by atoms with Crippen molar-refractivity contribution in [3.05, 3.63) is 59.1 Å². The molecule has 0 saturated heterocycles. The number of anilines is 1. The van der Waals surface area contributed by atoms with Crippen molar-refractivity contribution < 1.29 is 4.79 Å². The number of aromatic nitrogens is 1.